The third kappa shape index (κ3) is 18.1. The topological polar surface area (TPSA) is 414 Å². The summed E-state index contributed by atoms with van der Waals surface area (Å²) in [5, 5.41) is 19.0. The average Bonchev–Trinajstić information content (AvgIpc) is 1.65. The van der Waals surface area contributed by atoms with Crippen molar-refractivity contribution in [2.45, 2.75) is 70.4 Å². The minimum absolute atomic E-state index is 0.00908. The molecule has 2 aliphatic heterocycles. The molecule has 91 heavy (non-hydrogen) atoms. The molecule has 500 valence electrons. The van der Waals surface area contributed by atoms with Crippen molar-refractivity contribution in [2.75, 3.05) is 117 Å². The number of carbonyl (C=O) groups excluding carboxylic acids is 1. The SMILES string of the molecule is COCCN1C(=CC=CC=CC2=[N+](CCOCCOCCOCCOCCOCCOCCC(=O)On3c(O)ccc3O)c3ccc4c(S(=O)(=O)O)cc(S(=O)(=O)O)cc4c3C2(C)C)C(C)(CCCS(=O)(=O)O)c2c1ccc1c(S(=O)(=O)O)cc(S(=O)(=O)O)cc21. The zero-order valence-electron chi connectivity index (χ0n) is 49.9. The summed E-state index contributed by atoms with van der Waals surface area (Å²) in [5.74, 6) is -2.27. The Labute approximate surface area is 526 Å². The van der Waals surface area contributed by atoms with E-state index >= 15 is 0 Å². The minimum Gasteiger partial charge on any atom is -0.492 e. The van der Waals surface area contributed by atoms with Crippen molar-refractivity contribution in [3.05, 3.63) is 108 Å². The molecule has 4 aromatic carbocycles. The number of hydrogen-bond acceptors (Lipinski definition) is 22. The van der Waals surface area contributed by atoms with Crippen molar-refractivity contribution in [2.24, 2.45) is 0 Å². The van der Waals surface area contributed by atoms with Gasteiger partial charge in [0.15, 0.2) is 12.3 Å². The quantitative estimate of drug-likeness (QED) is 0.0122. The van der Waals surface area contributed by atoms with Gasteiger partial charge in [0.2, 0.25) is 17.4 Å². The van der Waals surface area contributed by atoms with Crippen LogP contribution >= 0.6 is 0 Å². The number of aromatic hydroxyl groups is 2. The number of rotatable bonds is 36. The molecule has 0 bridgehead atoms. The Morgan fingerprint density at radius 3 is 1.53 bits per heavy atom. The first kappa shape index (κ1) is 72.1. The van der Waals surface area contributed by atoms with Crippen LogP contribution in [0.4, 0.5) is 11.4 Å². The Kier molecular flexibility index (Phi) is 23.9. The highest BCUT2D eigenvalue weighted by Crippen LogP contribution is 2.54. The van der Waals surface area contributed by atoms with E-state index in [-0.39, 0.29) is 127 Å². The standard InChI is InChI=1S/C57H71N3O26S5/c1-56(2)49(9-6-5-7-10-50-57(3,18-8-34-87(64,65)66)55-44-36-40(89(70,71)72)38-48(91(76,77)78)42(44)12-14-46(55)59(50)19-22-79-4)58(45-13-11-41-43(54(45)56)35-39(88(67,68)69)37-47(41)90(73,74)75)20-23-81-25-27-83-29-31-85-33-32-84-30-28-82-26-24-80-21-17-53(63)86-60-51(61)15-16-52(60)62/h5-7,9-16,35-38H,8,17-34H2,1-4H3,(H6-,61,62,64,65,66,67,68,69,70,71,72,73,74,75,76,77,78)/p+1. The van der Waals surface area contributed by atoms with Crippen molar-refractivity contribution >= 4 is 95.2 Å². The van der Waals surface area contributed by atoms with Crippen molar-refractivity contribution in [1.82, 2.24) is 4.73 Å². The molecule has 0 amide bonds. The highest BCUT2D eigenvalue weighted by molar-refractivity contribution is 7.87. The molecule has 0 saturated heterocycles. The van der Waals surface area contributed by atoms with Gasteiger partial charge >= 0.3 is 5.97 Å². The molecule has 1 aromatic heterocycles. The van der Waals surface area contributed by atoms with E-state index in [9.17, 15) is 79.9 Å². The molecular formula is C57H72N3O26S5+. The molecule has 3 heterocycles. The second-order valence-electron chi connectivity index (χ2n) is 21.4. The van der Waals surface area contributed by atoms with Crippen molar-refractivity contribution in [1.29, 1.82) is 0 Å². The van der Waals surface area contributed by atoms with Crippen LogP contribution in [0.5, 0.6) is 11.8 Å². The second-order valence-corrected chi connectivity index (χ2v) is 28.6. The fourth-order valence-corrected chi connectivity index (χ4v) is 14.1. The molecule has 1 unspecified atom stereocenters. The molecule has 29 nitrogen and oxygen atoms in total. The van der Waals surface area contributed by atoms with E-state index < -0.39 is 104 Å². The van der Waals surface area contributed by atoms with Gasteiger partial charge in [-0.1, -0.05) is 24.3 Å². The Balaban J connectivity index is 1.04. The first-order valence-corrected chi connectivity index (χ1v) is 35.4. The third-order valence-electron chi connectivity index (χ3n) is 14.9. The van der Waals surface area contributed by atoms with Crippen LogP contribution < -0.4 is 9.74 Å². The normalized spacial score (nSPS) is 16.8. The Morgan fingerprint density at radius 2 is 1.04 bits per heavy atom. The lowest BCUT2D eigenvalue weighted by atomic mass is 9.75. The van der Waals surface area contributed by atoms with Crippen LogP contribution in [-0.4, -0.2) is 208 Å². The summed E-state index contributed by atoms with van der Waals surface area (Å²) in [4.78, 5) is 15.3. The van der Waals surface area contributed by atoms with Crippen LogP contribution in [0.1, 0.15) is 51.2 Å². The molecule has 0 spiro atoms. The molecule has 0 radical (unpaired) electrons. The van der Waals surface area contributed by atoms with E-state index in [0.29, 0.717) is 64.0 Å². The summed E-state index contributed by atoms with van der Waals surface area (Å²) < 4.78 is 218. The number of nitrogens with zero attached hydrogens (tertiary/aromatic N) is 3. The number of fused-ring (bicyclic) bond motifs is 6. The molecule has 7 rings (SSSR count). The van der Waals surface area contributed by atoms with Crippen molar-refractivity contribution in [3.8, 4) is 11.8 Å². The second kappa shape index (κ2) is 30.2. The summed E-state index contributed by atoms with van der Waals surface area (Å²) in [6.45, 7) is 8.34. The Bertz CT molecular complexity index is 4200. The maximum Gasteiger partial charge on any atom is 0.335 e. The van der Waals surface area contributed by atoms with Gasteiger partial charge in [0.05, 0.1) is 107 Å². The number of methoxy groups -OCH3 is 1. The van der Waals surface area contributed by atoms with E-state index in [2.05, 4.69) is 0 Å². The molecule has 0 saturated carbocycles. The fourth-order valence-electron chi connectivity index (χ4n) is 10.9. The van der Waals surface area contributed by atoms with E-state index in [0.717, 1.165) is 24.3 Å². The van der Waals surface area contributed by atoms with E-state index in [4.69, 9.17) is 38.0 Å². The first-order chi connectivity index (χ1) is 42.7. The molecule has 1 atom stereocenters. The largest absolute Gasteiger partial charge is 0.492 e. The maximum absolute atomic E-state index is 12.8. The van der Waals surface area contributed by atoms with Crippen LogP contribution in [0.25, 0.3) is 21.5 Å². The summed E-state index contributed by atoms with van der Waals surface area (Å²) in [7, 11) is -23.3. The number of benzene rings is 4. The predicted octanol–water partition coefficient (Wildman–Crippen LogP) is 4.80. The van der Waals surface area contributed by atoms with Gasteiger partial charge < -0.3 is 53.1 Å². The van der Waals surface area contributed by atoms with Gasteiger partial charge in [0, 0.05) is 71.1 Å². The third-order valence-corrected chi connectivity index (χ3v) is 19.1. The van der Waals surface area contributed by atoms with Crippen molar-refractivity contribution in [3.63, 3.8) is 0 Å². The number of hydrogen-bond donors (Lipinski definition) is 7. The molecule has 0 fully saturated rings. The monoisotopic (exact) mass is 1370 g/mol. The number of aromatic nitrogens is 1. The van der Waals surface area contributed by atoms with Gasteiger partial charge in [0.25, 0.3) is 50.6 Å². The minimum atomic E-state index is -5.12. The van der Waals surface area contributed by atoms with Gasteiger partial charge in [-0.05, 0) is 92.4 Å². The molecule has 0 aliphatic carbocycles. The number of anilines is 1. The van der Waals surface area contributed by atoms with Gasteiger partial charge in [-0.25, -0.2) is 4.79 Å². The highest BCUT2D eigenvalue weighted by atomic mass is 32.2. The molecule has 7 N–H and O–H groups in total. The lowest BCUT2D eigenvalue weighted by Crippen LogP contribution is -2.31. The number of allylic oxidation sites excluding steroid dienone is 6. The van der Waals surface area contributed by atoms with Crippen LogP contribution in [0, 0.1) is 0 Å². The highest BCUT2D eigenvalue weighted by Gasteiger charge is 2.47. The van der Waals surface area contributed by atoms with E-state index in [1.54, 1.807) is 68.2 Å². The number of ether oxygens (including phenoxy) is 7. The predicted molar refractivity (Wildman–Crippen MR) is 327 cm³/mol. The zero-order valence-corrected chi connectivity index (χ0v) is 53.9. The molecular weight excluding hydrogens is 1300 g/mol. The van der Waals surface area contributed by atoms with E-state index in [1.165, 1.54) is 19.2 Å². The average molecular weight is 1380 g/mol. The van der Waals surface area contributed by atoms with Gasteiger partial charge in [-0.2, -0.15) is 46.7 Å². The van der Waals surface area contributed by atoms with Gasteiger partial charge in [-0.3, -0.25) is 22.8 Å². The Hall–Kier alpha value is -6.29. The number of carbonyl (C=O) groups is 1. The first-order valence-electron chi connectivity index (χ1n) is 28.0. The van der Waals surface area contributed by atoms with Crippen LogP contribution in [-0.2, 0) is 99.4 Å². The fraction of sp³-hybridized carbons (Fsp3) is 0.439. The molecule has 34 heteroatoms. The zero-order chi connectivity index (χ0) is 66.7. The molecule has 2 aliphatic rings. The van der Waals surface area contributed by atoms with Crippen molar-refractivity contribution < 1.29 is 122 Å². The smallest absolute Gasteiger partial charge is 0.335 e. The van der Waals surface area contributed by atoms with Crippen LogP contribution in [0.2, 0.25) is 0 Å². The summed E-state index contributed by atoms with van der Waals surface area (Å²) in [6.07, 6.45) is 8.09. The lowest BCUT2D eigenvalue weighted by Gasteiger charge is -2.30. The van der Waals surface area contributed by atoms with Crippen LogP contribution in [0.15, 0.2) is 116 Å². The lowest BCUT2D eigenvalue weighted by molar-refractivity contribution is -0.442. The summed E-state index contributed by atoms with van der Waals surface area (Å²) in [6, 6.07) is 11.7. The Morgan fingerprint density at radius 1 is 0.560 bits per heavy atom. The van der Waals surface area contributed by atoms with Crippen LogP contribution in [0.3, 0.4) is 0 Å². The van der Waals surface area contributed by atoms with E-state index in [1.807, 2.05) is 4.58 Å². The summed E-state index contributed by atoms with van der Waals surface area (Å²) >= 11 is 0. The van der Waals surface area contributed by atoms with Gasteiger partial charge in [0.1, 0.15) is 16.4 Å². The summed E-state index contributed by atoms with van der Waals surface area (Å²) in [5.41, 5.74) is 0.359. The maximum atomic E-state index is 12.8. The molecule has 5 aromatic rings. The van der Waals surface area contributed by atoms with Gasteiger partial charge in [-0.15, -0.1) is 4.73 Å².